The number of benzene rings is 1. The van der Waals surface area contributed by atoms with Crippen molar-refractivity contribution in [3.05, 3.63) is 47.9 Å². The van der Waals surface area contributed by atoms with Crippen molar-refractivity contribution in [2.24, 2.45) is 0 Å². The number of ketones is 1. The molecule has 1 saturated heterocycles. The molecule has 3 aromatic rings. The van der Waals surface area contributed by atoms with Crippen molar-refractivity contribution >= 4 is 16.7 Å². The van der Waals surface area contributed by atoms with Crippen molar-refractivity contribution in [1.29, 1.82) is 0 Å². The molecule has 1 aromatic carbocycles. The number of carbonyl (C=O) groups excluding carboxylic acids is 1. The van der Waals surface area contributed by atoms with Crippen LogP contribution in [0.15, 0.2) is 36.7 Å². The fraction of sp³-hybridized carbons (Fsp3) is 0.381. The number of fused-ring (bicyclic) bond motifs is 1. The van der Waals surface area contributed by atoms with E-state index in [1.807, 2.05) is 12.1 Å². The van der Waals surface area contributed by atoms with Crippen molar-refractivity contribution in [2.45, 2.75) is 32.5 Å². The van der Waals surface area contributed by atoms with Crippen LogP contribution >= 0.6 is 0 Å². The van der Waals surface area contributed by atoms with Crippen LogP contribution in [0.2, 0.25) is 0 Å². The molecule has 10 heteroatoms. The molecule has 0 aliphatic carbocycles. The zero-order valence-electron chi connectivity index (χ0n) is 16.7. The predicted molar refractivity (Wildman–Crippen MR) is 105 cm³/mol. The van der Waals surface area contributed by atoms with E-state index in [4.69, 9.17) is 4.74 Å². The summed E-state index contributed by atoms with van der Waals surface area (Å²) in [5, 5.41) is 4.68. The standard InChI is InChI=1S/C21H20F4N4O2/c1-13(30)18-7-17(15-8-26-29(10-15)12-22)16-3-2-14(6-19(16)27-18)9-28-4-5-31-20(11-28)21(23,24)25/h2-3,6-8,10,20H,4-5,9,11-12H2,1H3. The molecule has 31 heavy (non-hydrogen) atoms. The van der Waals surface area contributed by atoms with Crippen LogP contribution < -0.4 is 0 Å². The number of pyridine rings is 1. The number of hydrogen-bond acceptors (Lipinski definition) is 5. The van der Waals surface area contributed by atoms with Gasteiger partial charge in [0.05, 0.1) is 18.3 Å². The first-order valence-electron chi connectivity index (χ1n) is 9.68. The normalized spacial score (nSPS) is 17.9. The first-order valence-corrected chi connectivity index (χ1v) is 9.68. The van der Waals surface area contributed by atoms with Gasteiger partial charge < -0.3 is 4.74 Å². The Hall–Kier alpha value is -2.85. The fourth-order valence-corrected chi connectivity index (χ4v) is 3.66. The van der Waals surface area contributed by atoms with Gasteiger partial charge in [0.25, 0.3) is 0 Å². The molecule has 0 spiro atoms. The lowest BCUT2D eigenvalue weighted by Crippen LogP contribution is -2.48. The molecular formula is C21H20F4N4O2. The van der Waals surface area contributed by atoms with Gasteiger partial charge in [0.15, 0.2) is 18.7 Å². The van der Waals surface area contributed by atoms with E-state index in [1.165, 1.54) is 19.3 Å². The second kappa shape index (κ2) is 8.35. The van der Waals surface area contributed by atoms with Gasteiger partial charge in [0, 0.05) is 43.7 Å². The molecule has 6 nitrogen and oxygen atoms in total. The average Bonchev–Trinajstić information content (AvgIpc) is 3.21. The number of Topliss-reactive ketones (excluding diaryl/α,β-unsaturated/α-hetero) is 1. The molecule has 0 bridgehead atoms. The maximum Gasteiger partial charge on any atom is 0.415 e. The highest BCUT2D eigenvalue weighted by atomic mass is 19.4. The van der Waals surface area contributed by atoms with Crippen molar-refractivity contribution in [1.82, 2.24) is 19.7 Å². The van der Waals surface area contributed by atoms with Crippen LogP contribution in [-0.2, 0) is 18.1 Å². The predicted octanol–water partition coefficient (Wildman–Crippen LogP) is 3.99. The Labute approximate surface area is 175 Å². The number of alkyl halides is 4. The molecule has 0 saturated carbocycles. The van der Waals surface area contributed by atoms with Gasteiger partial charge in [-0.2, -0.15) is 18.3 Å². The molecule has 0 amide bonds. The number of hydrogen-bond donors (Lipinski definition) is 0. The topological polar surface area (TPSA) is 60.2 Å². The number of ether oxygens (including phenoxy) is 1. The van der Waals surface area contributed by atoms with Gasteiger partial charge in [-0.3, -0.25) is 9.69 Å². The van der Waals surface area contributed by atoms with Crippen LogP contribution in [-0.4, -0.2) is 57.4 Å². The van der Waals surface area contributed by atoms with Crippen LogP contribution in [0.3, 0.4) is 0 Å². The summed E-state index contributed by atoms with van der Waals surface area (Å²) in [5.74, 6) is -0.229. The van der Waals surface area contributed by atoms with Gasteiger partial charge in [-0.1, -0.05) is 12.1 Å². The monoisotopic (exact) mass is 436 g/mol. The summed E-state index contributed by atoms with van der Waals surface area (Å²) < 4.78 is 57.9. The summed E-state index contributed by atoms with van der Waals surface area (Å²) in [6, 6.07) is 7.03. The second-order valence-electron chi connectivity index (χ2n) is 7.49. The summed E-state index contributed by atoms with van der Waals surface area (Å²) in [6.45, 7) is 1.08. The lowest BCUT2D eigenvalue weighted by molar-refractivity contribution is -0.237. The Bertz CT molecular complexity index is 1110. The Morgan fingerprint density at radius 1 is 1.29 bits per heavy atom. The molecular weight excluding hydrogens is 416 g/mol. The first-order chi connectivity index (χ1) is 14.7. The SMILES string of the molecule is CC(=O)c1cc(-c2cnn(CF)c2)c2ccc(CN3CCOC(C(F)(F)F)C3)cc2n1. The van der Waals surface area contributed by atoms with Gasteiger partial charge >= 0.3 is 6.18 Å². The van der Waals surface area contributed by atoms with Crippen LogP contribution in [0.5, 0.6) is 0 Å². The van der Waals surface area contributed by atoms with Gasteiger partial charge in [0.1, 0.15) is 5.69 Å². The van der Waals surface area contributed by atoms with E-state index in [2.05, 4.69) is 10.1 Å². The van der Waals surface area contributed by atoms with Crippen LogP contribution in [0.25, 0.3) is 22.0 Å². The number of carbonyl (C=O) groups is 1. The summed E-state index contributed by atoms with van der Waals surface area (Å²) >= 11 is 0. The third-order valence-electron chi connectivity index (χ3n) is 5.22. The lowest BCUT2D eigenvalue weighted by Gasteiger charge is -2.33. The smallest absolute Gasteiger partial charge is 0.366 e. The largest absolute Gasteiger partial charge is 0.415 e. The van der Waals surface area contributed by atoms with E-state index >= 15 is 0 Å². The van der Waals surface area contributed by atoms with Crippen LogP contribution in [0.1, 0.15) is 23.0 Å². The summed E-state index contributed by atoms with van der Waals surface area (Å²) in [7, 11) is 0. The molecule has 1 unspecified atom stereocenters. The lowest BCUT2D eigenvalue weighted by atomic mass is 10.0. The van der Waals surface area contributed by atoms with E-state index < -0.39 is 19.1 Å². The zero-order chi connectivity index (χ0) is 22.2. The van der Waals surface area contributed by atoms with Gasteiger partial charge in [0.2, 0.25) is 0 Å². The van der Waals surface area contributed by atoms with Crippen molar-refractivity contribution in [3.63, 3.8) is 0 Å². The zero-order valence-corrected chi connectivity index (χ0v) is 16.7. The first kappa shape index (κ1) is 21.4. The number of nitrogens with zero attached hydrogens (tertiary/aromatic N) is 4. The highest BCUT2D eigenvalue weighted by Crippen LogP contribution is 2.30. The second-order valence-corrected chi connectivity index (χ2v) is 7.49. The maximum atomic E-state index is 13.0. The fourth-order valence-electron chi connectivity index (χ4n) is 3.66. The maximum absolute atomic E-state index is 13.0. The summed E-state index contributed by atoms with van der Waals surface area (Å²) in [6.07, 6.45) is -3.16. The quantitative estimate of drug-likeness (QED) is 0.447. The number of aromatic nitrogens is 3. The minimum atomic E-state index is -4.40. The minimum absolute atomic E-state index is 0.00714. The Balaban J connectivity index is 1.67. The number of halogens is 4. The van der Waals surface area contributed by atoms with Crippen molar-refractivity contribution in [3.8, 4) is 11.1 Å². The Morgan fingerprint density at radius 2 is 2.10 bits per heavy atom. The Kier molecular flexibility index (Phi) is 5.76. The third-order valence-corrected chi connectivity index (χ3v) is 5.22. The molecule has 0 radical (unpaired) electrons. The number of morpholine rings is 1. The molecule has 1 fully saturated rings. The van der Waals surface area contributed by atoms with Gasteiger partial charge in [-0.25, -0.2) is 14.1 Å². The highest BCUT2D eigenvalue weighted by molar-refractivity contribution is 6.01. The van der Waals surface area contributed by atoms with Crippen molar-refractivity contribution < 1.29 is 27.1 Å². The number of rotatable bonds is 5. The summed E-state index contributed by atoms with van der Waals surface area (Å²) in [4.78, 5) is 18.1. The van der Waals surface area contributed by atoms with Crippen molar-refractivity contribution in [2.75, 3.05) is 19.7 Å². The summed E-state index contributed by atoms with van der Waals surface area (Å²) in [5.41, 5.74) is 2.88. The molecule has 4 rings (SSSR count). The molecule has 1 aliphatic heterocycles. The van der Waals surface area contributed by atoms with Crippen LogP contribution in [0.4, 0.5) is 17.6 Å². The van der Waals surface area contributed by atoms with Gasteiger partial charge in [-0.05, 0) is 23.3 Å². The third kappa shape index (κ3) is 4.59. The van der Waals surface area contributed by atoms with E-state index in [1.54, 1.807) is 17.0 Å². The van der Waals surface area contributed by atoms with E-state index in [-0.39, 0.29) is 24.6 Å². The van der Waals surface area contributed by atoms with E-state index in [0.29, 0.717) is 29.7 Å². The minimum Gasteiger partial charge on any atom is -0.366 e. The van der Waals surface area contributed by atoms with Crippen LogP contribution in [0, 0.1) is 0 Å². The molecule has 2 aromatic heterocycles. The average molecular weight is 436 g/mol. The molecule has 164 valence electrons. The highest BCUT2D eigenvalue weighted by Gasteiger charge is 2.43. The van der Waals surface area contributed by atoms with E-state index in [0.717, 1.165) is 15.6 Å². The Morgan fingerprint density at radius 3 is 2.77 bits per heavy atom. The van der Waals surface area contributed by atoms with Gasteiger partial charge in [-0.15, -0.1) is 0 Å². The molecule has 1 aliphatic rings. The van der Waals surface area contributed by atoms with E-state index in [9.17, 15) is 22.4 Å². The molecule has 1 atom stereocenters. The molecule has 0 N–H and O–H groups in total. The molecule has 3 heterocycles.